The minimum Gasteiger partial charge on any atom is -0.381 e. The lowest BCUT2D eigenvalue weighted by molar-refractivity contribution is -0.127. The number of ether oxygens (including phenoxy) is 1. The Kier molecular flexibility index (Phi) is 9.27. The molecule has 0 radical (unpaired) electrons. The number of hydrogen-bond donors (Lipinski definition) is 4. The normalized spacial score (nSPS) is 38.2. The van der Waals surface area contributed by atoms with E-state index < -0.39 is 0 Å². The van der Waals surface area contributed by atoms with Gasteiger partial charge in [0.15, 0.2) is 0 Å². The Morgan fingerprint density at radius 3 is 2.12 bits per heavy atom. The summed E-state index contributed by atoms with van der Waals surface area (Å²) in [6.45, 7) is 4.42. The molecule has 4 rings (SSSR count). The third kappa shape index (κ3) is 6.68. The van der Waals surface area contributed by atoms with Crippen LogP contribution >= 0.6 is 0 Å². The zero-order chi connectivity index (χ0) is 22.3. The molecule has 1 heterocycles. The molecular weight excluding hydrogens is 400 g/mol. The third-order valence-corrected chi connectivity index (χ3v) is 9.11. The number of amides is 1. The van der Waals surface area contributed by atoms with Gasteiger partial charge in [-0.2, -0.15) is 0 Å². The van der Waals surface area contributed by atoms with Gasteiger partial charge in [-0.05, 0) is 88.9 Å². The summed E-state index contributed by atoms with van der Waals surface area (Å²) in [5.74, 6) is 2.76. The van der Waals surface area contributed by atoms with Crippen LogP contribution in [0.25, 0.3) is 0 Å². The Bertz CT molecular complexity index is 558. The van der Waals surface area contributed by atoms with Crippen molar-refractivity contribution in [1.82, 2.24) is 21.3 Å². The first-order chi connectivity index (χ1) is 15.6. The van der Waals surface area contributed by atoms with Gasteiger partial charge in [-0.25, -0.2) is 0 Å². The van der Waals surface area contributed by atoms with Crippen LogP contribution in [0.5, 0.6) is 0 Å². The molecule has 3 saturated carbocycles. The number of hydrogen-bond acceptors (Lipinski definition) is 5. The van der Waals surface area contributed by atoms with Crippen LogP contribution in [0.15, 0.2) is 0 Å². The summed E-state index contributed by atoms with van der Waals surface area (Å²) in [6, 6.07) is 0.847. The Labute approximate surface area is 195 Å². The van der Waals surface area contributed by atoms with E-state index in [1.807, 2.05) is 7.11 Å². The zero-order valence-electron chi connectivity index (χ0n) is 20.5. The lowest BCUT2D eigenvalue weighted by Gasteiger charge is -2.40. The molecule has 1 saturated heterocycles. The number of nitrogens with one attached hydrogen (secondary N) is 4. The van der Waals surface area contributed by atoms with Gasteiger partial charge in [-0.1, -0.05) is 19.3 Å². The van der Waals surface area contributed by atoms with E-state index >= 15 is 0 Å². The third-order valence-electron chi connectivity index (χ3n) is 9.11. The first-order valence-electron chi connectivity index (χ1n) is 13.7. The topological polar surface area (TPSA) is 74.4 Å². The van der Waals surface area contributed by atoms with Gasteiger partial charge in [0.1, 0.15) is 6.29 Å². The molecule has 1 amide bonds. The highest BCUT2D eigenvalue weighted by molar-refractivity contribution is 5.79. The predicted octanol–water partition coefficient (Wildman–Crippen LogP) is 3.52. The molecule has 0 aromatic rings. The Hall–Kier alpha value is -0.690. The van der Waals surface area contributed by atoms with Crippen molar-refractivity contribution in [2.24, 2.45) is 23.7 Å². The fourth-order valence-corrected chi connectivity index (χ4v) is 6.78. The van der Waals surface area contributed by atoms with Gasteiger partial charge in [-0.3, -0.25) is 20.7 Å². The van der Waals surface area contributed by atoms with E-state index in [-0.39, 0.29) is 12.2 Å². The van der Waals surface area contributed by atoms with E-state index in [9.17, 15) is 4.79 Å². The first-order valence-corrected chi connectivity index (χ1v) is 13.7. The van der Waals surface area contributed by atoms with Crippen molar-refractivity contribution in [2.75, 3.05) is 20.2 Å². The van der Waals surface area contributed by atoms with Crippen LogP contribution in [0.4, 0.5) is 0 Å². The molecule has 1 atom stereocenters. The summed E-state index contributed by atoms with van der Waals surface area (Å²) in [5, 5.41) is 14.5. The van der Waals surface area contributed by atoms with Crippen molar-refractivity contribution in [3.8, 4) is 0 Å². The van der Waals surface area contributed by atoms with Crippen LogP contribution in [0, 0.1) is 23.7 Å². The molecule has 3 aliphatic carbocycles. The molecule has 0 aromatic carbocycles. The van der Waals surface area contributed by atoms with Crippen molar-refractivity contribution in [1.29, 1.82) is 0 Å². The van der Waals surface area contributed by atoms with Crippen molar-refractivity contribution >= 4 is 5.91 Å². The van der Waals surface area contributed by atoms with Crippen molar-refractivity contribution in [2.45, 2.75) is 115 Å². The Morgan fingerprint density at radius 2 is 1.50 bits per heavy atom. The second-order valence-corrected chi connectivity index (χ2v) is 11.2. The summed E-state index contributed by atoms with van der Waals surface area (Å²) >= 11 is 0. The number of methoxy groups -OCH3 is 1. The Balaban J connectivity index is 1.11. The van der Waals surface area contributed by atoms with Crippen LogP contribution in [0.1, 0.15) is 90.4 Å². The summed E-state index contributed by atoms with van der Waals surface area (Å²) in [6.07, 6.45) is 16.6. The summed E-state index contributed by atoms with van der Waals surface area (Å²) in [5.41, 5.74) is 0. The van der Waals surface area contributed by atoms with E-state index in [0.717, 1.165) is 50.6 Å². The van der Waals surface area contributed by atoms with Crippen molar-refractivity contribution < 1.29 is 9.53 Å². The molecule has 1 aliphatic heterocycles. The van der Waals surface area contributed by atoms with Crippen LogP contribution in [-0.4, -0.2) is 50.6 Å². The molecule has 6 nitrogen and oxygen atoms in total. The molecule has 4 N–H and O–H groups in total. The van der Waals surface area contributed by atoms with Crippen molar-refractivity contribution in [3.05, 3.63) is 0 Å². The van der Waals surface area contributed by atoms with Gasteiger partial charge in [-0.15, -0.1) is 0 Å². The number of carbonyl (C=O) groups excluding carboxylic acids is 1. The Morgan fingerprint density at radius 1 is 0.844 bits per heavy atom. The monoisotopic (exact) mass is 448 g/mol. The van der Waals surface area contributed by atoms with E-state index in [1.165, 1.54) is 57.8 Å². The lowest BCUT2D eigenvalue weighted by Crippen LogP contribution is -2.63. The summed E-state index contributed by atoms with van der Waals surface area (Å²) in [7, 11) is 1.85. The molecule has 184 valence electrons. The molecule has 32 heavy (non-hydrogen) atoms. The minimum atomic E-state index is 0.206. The lowest BCUT2D eigenvalue weighted by atomic mass is 9.78. The maximum absolute atomic E-state index is 12.8. The quantitative estimate of drug-likeness (QED) is 0.480. The molecule has 0 aromatic heterocycles. The fourth-order valence-electron chi connectivity index (χ4n) is 6.78. The van der Waals surface area contributed by atoms with Crippen LogP contribution in [0.3, 0.4) is 0 Å². The smallest absolute Gasteiger partial charge is 0.223 e. The van der Waals surface area contributed by atoms with Gasteiger partial charge < -0.3 is 10.1 Å². The van der Waals surface area contributed by atoms with E-state index in [0.29, 0.717) is 30.0 Å². The largest absolute Gasteiger partial charge is 0.381 e. The molecule has 1 unspecified atom stereocenters. The second kappa shape index (κ2) is 12.1. The maximum atomic E-state index is 12.8. The van der Waals surface area contributed by atoms with E-state index in [1.54, 1.807) is 0 Å². The summed E-state index contributed by atoms with van der Waals surface area (Å²) < 4.78 is 5.53. The average Bonchev–Trinajstić information content (AvgIpc) is 2.85. The first kappa shape index (κ1) is 24.4. The van der Waals surface area contributed by atoms with Crippen LogP contribution in [-0.2, 0) is 9.53 Å². The molecule has 4 aliphatic rings. The molecule has 4 fully saturated rings. The predicted molar refractivity (Wildman–Crippen MR) is 129 cm³/mol. The number of carbonyl (C=O) groups is 1. The average molecular weight is 449 g/mol. The fraction of sp³-hybridized carbons (Fsp3) is 0.962. The highest BCUT2D eigenvalue weighted by Gasteiger charge is 2.33. The van der Waals surface area contributed by atoms with Gasteiger partial charge in [0.05, 0.1) is 6.10 Å². The van der Waals surface area contributed by atoms with Gasteiger partial charge in [0.2, 0.25) is 5.91 Å². The molecule has 6 heteroatoms. The SMILES string of the molecule is COC1CCC(C2CNC(NC3CCC(C(=O)NC(C)C4CCCCC4)CC3)NC2)CC1. The van der Waals surface area contributed by atoms with E-state index in [2.05, 4.69) is 28.2 Å². The molecular formula is C26H48N4O2. The number of rotatable bonds is 7. The van der Waals surface area contributed by atoms with Crippen molar-refractivity contribution in [3.63, 3.8) is 0 Å². The standard InChI is InChI=1S/C26H48N4O2/c1-18(19-6-4-3-5-7-19)29-25(31)21-8-12-23(13-9-21)30-26-27-16-22(17-28-26)20-10-14-24(32-2)15-11-20/h18-24,26-28,30H,3-17H2,1-2H3,(H,29,31). The van der Waals surface area contributed by atoms with Gasteiger partial charge in [0.25, 0.3) is 0 Å². The second-order valence-electron chi connectivity index (χ2n) is 11.2. The van der Waals surface area contributed by atoms with E-state index in [4.69, 9.17) is 4.74 Å². The molecule has 0 spiro atoms. The van der Waals surface area contributed by atoms with Crippen LogP contribution in [0.2, 0.25) is 0 Å². The summed E-state index contributed by atoms with van der Waals surface area (Å²) in [4.78, 5) is 12.8. The maximum Gasteiger partial charge on any atom is 0.223 e. The minimum absolute atomic E-state index is 0.206. The highest BCUT2D eigenvalue weighted by Crippen LogP contribution is 2.32. The molecule has 0 bridgehead atoms. The highest BCUT2D eigenvalue weighted by atomic mass is 16.5. The van der Waals surface area contributed by atoms with Crippen LogP contribution < -0.4 is 21.3 Å². The van der Waals surface area contributed by atoms with Gasteiger partial charge in [0, 0.05) is 38.2 Å². The zero-order valence-corrected chi connectivity index (χ0v) is 20.5. The van der Waals surface area contributed by atoms with Gasteiger partial charge >= 0.3 is 0 Å².